The molecule has 18 heavy (non-hydrogen) atoms. The summed E-state index contributed by atoms with van der Waals surface area (Å²) in [4.78, 5) is 0.997. The molecule has 0 saturated carbocycles. The number of nitrogens with one attached hydrogen (secondary N) is 1. The molecular formula is C15H22FNS. The fourth-order valence-corrected chi connectivity index (χ4v) is 2.71. The second-order valence-electron chi connectivity index (χ2n) is 4.29. The van der Waals surface area contributed by atoms with Crippen molar-refractivity contribution in [2.45, 2.75) is 37.1 Å². The van der Waals surface area contributed by atoms with Crippen LogP contribution >= 0.6 is 11.8 Å². The molecule has 0 aliphatic rings. The summed E-state index contributed by atoms with van der Waals surface area (Å²) in [6, 6.07) is 7.26. The maximum atomic E-state index is 13.1. The SMILES string of the molecule is C=CCCC(CSc1cccc(F)c1)NCCC. The van der Waals surface area contributed by atoms with Crippen LogP contribution in [-0.2, 0) is 0 Å². The van der Waals surface area contributed by atoms with Gasteiger partial charge in [0.1, 0.15) is 5.82 Å². The van der Waals surface area contributed by atoms with E-state index in [0.29, 0.717) is 6.04 Å². The van der Waals surface area contributed by atoms with Gasteiger partial charge in [-0.25, -0.2) is 4.39 Å². The topological polar surface area (TPSA) is 12.0 Å². The van der Waals surface area contributed by atoms with Crippen molar-refractivity contribution in [1.29, 1.82) is 0 Å². The number of benzene rings is 1. The molecule has 0 aliphatic heterocycles. The lowest BCUT2D eigenvalue weighted by Crippen LogP contribution is -2.31. The lowest BCUT2D eigenvalue weighted by molar-refractivity contribution is 0.524. The minimum Gasteiger partial charge on any atom is -0.313 e. The van der Waals surface area contributed by atoms with Crippen LogP contribution in [0.25, 0.3) is 0 Å². The summed E-state index contributed by atoms with van der Waals surface area (Å²) in [5.41, 5.74) is 0. The van der Waals surface area contributed by atoms with Gasteiger partial charge in [0.2, 0.25) is 0 Å². The van der Waals surface area contributed by atoms with E-state index in [-0.39, 0.29) is 5.82 Å². The highest BCUT2D eigenvalue weighted by Gasteiger charge is 2.07. The van der Waals surface area contributed by atoms with Gasteiger partial charge in [0, 0.05) is 16.7 Å². The van der Waals surface area contributed by atoms with E-state index in [0.717, 1.165) is 36.5 Å². The molecule has 1 atom stereocenters. The number of halogens is 1. The largest absolute Gasteiger partial charge is 0.313 e. The van der Waals surface area contributed by atoms with Crippen molar-refractivity contribution < 1.29 is 4.39 Å². The Kier molecular flexibility index (Phi) is 7.78. The number of hydrogen-bond acceptors (Lipinski definition) is 2. The van der Waals surface area contributed by atoms with Gasteiger partial charge in [-0.3, -0.25) is 0 Å². The summed E-state index contributed by atoms with van der Waals surface area (Å²) in [6.45, 7) is 6.96. The first-order valence-corrected chi connectivity index (χ1v) is 7.47. The molecule has 0 saturated heterocycles. The van der Waals surface area contributed by atoms with Crippen molar-refractivity contribution in [1.82, 2.24) is 5.32 Å². The molecule has 0 spiro atoms. The highest BCUT2D eigenvalue weighted by molar-refractivity contribution is 7.99. The Balaban J connectivity index is 2.41. The Morgan fingerprint density at radius 2 is 2.33 bits per heavy atom. The highest BCUT2D eigenvalue weighted by atomic mass is 32.2. The van der Waals surface area contributed by atoms with Gasteiger partial charge >= 0.3 is 0 Å². The van der Waals surface area contributed by atoms with Gasteiger partial charge in [-0.2, -0.15) is 0 Å². The minimum absolute atomic E-state index is 0.163. The molecular weight excluding hydrogens is 245 g/mol. The summed E-state index contributed by atoms with van der Waals surface area (Å²) in [6.07, 6.45) is 5.19. The molecule has 0 amide bonds. The zero-order valence-corrected chi connectivity index (χ0v) is 11.8. The van der Waals surface area contributed by atoms with Crippen LogP contribution in [0.1, 0.15) is 26.2 Å². The van der Waals surface area contributed by atoms with Crippen molar-refractivity contribution in [2.75, 3.05) is 12.3 Å². The Morgan fingerprint density at radius 3 is 3.00 bits per heavy atom. The van der Waals surface area contributed by atoms with Gasteiger partial charge in [0.15, 0.2) is 0 Å². The van der Waals surface area contributed by atoms with Gasteiger partial charge in [-0.15, -0.1) is 18.3 Å². The first kappa shape index (κ1) is 15.3. The molecule has 1 N–H and O–H groups in total. The lowest BCUT2D eigenvalue weighted by Gasteiger charge is -2.17. The zero-order valence-electron chi connectivity index (χ0n) is 11.0. The smallest absolute Gasteiger partial charge is 0.124 e. The maximum absolute atomic E-state index is 13.1. The Hall–Kier alpha value is -0.800. The molecule has 100 valence electrons. The molecule has 0 heterocycles. The van der Waals surface area contributed by atoms with E-state index >= 15 is 0 Å². The maximum Gasteiger partial charge on any atom is 0.124 e. The van der Waals surface area contributed by atoms with Crippen molar-refractivity contribution >= 4 is 11.8 Å². The molecule has 1 unspecified atom stereocenters. The third-order valence-corrected chi connectivity index (χ3v) is 3.81. The minimum atomic E-state index is -0.163. The lowest BCUT2D eigenvalue weighted by atomic mass is 10.2. The van der Waals surface area contributed by atoms with Crippen molar-refractivity contribution in [3.8, 4) is 0 Å². The summed E-state index contributed by atoms with van der Waals surface area (Å²) < 4.78 is 13.1. The fraction of sp³-hybridized carbons (Fsp3) is 0.467. The quantitative estimate of drug-likeness (QED) is 0.530. The highest BCUT2D eigenvalue weighted by Crippen LogP contribution is 2.20. The molecule has 1 aromatic carbocycles. The van der Waals surface area contributed by atoms with E-state index in [1.54, 1.807) is 23.9 Å². The van der Waals surface area contributed by atoms with Crippen molar-refractivity contribution in [2.24, 2.45) is 0 Å². The molecule has 0 bridgehead atoms. The Bertz CT molecular complexity index is 354. The van der Waals surface area contributed by atoms with Gasteiger partial charge in [0.25, 0.3) is 0 Å². The van der Waals surface area contributed by atoms with Crippen LogP contribution in [0.15, 0.2) is 41.8 Å². The van der Waals surface area contributed by atoms with Crippen LogP contribution in [0.2, 0.25) is 0 Å². The van der Waals surface area contributed by atoms with Gasteiger partial charge in [0.05, 0.1) is 0 Å². The molecule has 1 rings (SSSR count). The van der Waals surface area contributed by atoms with Crippen LogP contribution in [0, 0.1) is 5.82 Å². The summed E-state index contributed by atoms with van der Waals surface area (Å²) >= 11 is 1.71. The molecule has 1 aromatic rings. The molecule has 1 nitrogen and oxygen atoms in total. The molecule has 3 heteroatoms. The van der Waals surface area contributed by atoms with E-state index in [4.69, 9.17) is 0 Å². The van der Waals surface area contributed by atoms with Gasteiger partial charge in [-0.05, 0) is 44.0 Å². The van der Waals surface area contributed by atoms with Crippen molar-refractivity contribution in [3.63, 3.8) is 0 Å². The van der Waals surface area contributed by atoms with E-state index in [1.807, 2.05) is 12.1 Å². The summed E-state index contributed by atoms with van der Waals surface area (Å²) in [5.74, 6) is 0.807. The number of hydrogen-bond donors (Lipinski definition) is 1. The van der Waals surface area contributed by atoms with Gasteiger partial charge < -0.3 is 5.32 Å². The first-order chi connectivity index (χ1) is 8.76. The Labute approximate surface area is 114 Å². The predicted octanol–water partition coefficient (Wildman–Crippen LogP) is 4.25. The normalized spacial score (nSPS) is 12.3. The van der Waals surface area contributed by atoms with Crippen LogP contribution < -0.4 is 5.32 Å². The van der Waals surface area contributed by atoms with Crippen LogP contribution in [0.3, 0.4) is 0 Å². The van der Waals surface area contributed by atoms with Gasteiger partial charge in [-0.1, -0.05) is 19.1 Å². The second kappa shape index (κ2) is 9.17. The predicted molar refractivity (Wildman–Crippen MR) is 78.6 cm³/mol. The van der Waals surface area contributed by atoms with E-state index in [1.165, 1.54) is 6.07 Å². The van der Waals surface area contributed by atoms with Crippen LogP contribution in [0.5, 0.6) is 0 Å². The monoisotopic (exact) mass is 267 g/mol. The average Bonchev–Trinajstić information content (AvgIpc) is 2.38. The third-order valence-electron chi connectivity index (χ3n) is 2.65. The first-order valence-electron chi connectivity index (χ1n) is 6.49. The van der Waals surface area contributed by atoms with E-state index in [9.17, 15) is 4.39 Å². The number of thioether (sulfide) groups is 1. The van der Waals surface area contributed by atoms with Crippen LogP contribution in [-0.4, -0.2) is 18.3 Å². The van der Waals surface area contributed by atoms with E-state index < -0.39 is 0 Å². The summed E-state index contributed by atoms with van der Waals surface area (Å²) in [5, 5.41) is 3.53. The molecule has 0 aromatic heterocycles. The Morgan fingerprint density at radius 1 is 1.50 bits per heavy atom. The second-order valence-corrected chi connectivity index (χ2v) is 5.38. The van der Waals surface area contributed by atoms with Crippen molar-refractivity contribution in [3.05, 3.63) is 42.7 Å². The van der Waals surface area contributed by atoms with Crippen LogP contribution in [0.4, 0.5) is 4.39 Å². The number of rotatable bonds is 9. The fourth-order valence-electron chi connectivity index (χ4n) is 1.67. The van der Waals surface area contributed by atoms with E-state index in [2.05, 4.69) is 18.8 Å². The number of allylic oxidation sites excluding steroid dienone is 1. The molecule has 0 fully saturated rings. The third kappa shape index (κ3) is 6.22. The standard InChI is InChI=1S/C15H22FNS/c1-3-5-8-14(17-10-4-2)12-18-15-9-6-7-13(16)11-15/h3,6-7,9,11,14,17H,1,4-5,8,10,12H2,2H3. The molecule has 0 aliphatic carbocycles. The average molecular weight is 267 g/mol. The summed E-state index contributed by atoms with van der Waals surface area (Å²) in [7, 11) is 0. The zero-order chi connectivity index (χ0) is 13.2. The molecule has 0 radical (unpaired) electrons.